The van der Waals surface area contributed by atoms with Gasteiger partial charge in [0.25, 0.3) is 0 Å². The summed E-state index contributed by atoms with van der Waals surface area (Å²) in [6.07, 6.45) is -0.184. The number of Topliss-reactive ketones (excluding diaryl/α,β-unsaturated/α-hetero) is 1. The van der Waals surface area contributed by atoms with E-state index >= 15 is 0 Å². The van der Waals surface area contributed by atoms with Crippen LogP contribution in [0.5, 0.6) is 0 Å². The largest absolute Gasteiger partial charge is 0.480 e. The predicted molar refractivity (Wildman–Crippen MR) is 51.9 cm³/mol. The molecule has 4 nitrogen and oxygen atoms in total. The molecule has 0 spiro atoms. The van der Waals surface area contributed by atoms with Crippen molar-refractivity contribution in [1.29, 1.82) is 0 Å². The van der Waals surface area contributed by atoms with Crippen LogP contribution in [0.3, 0.4) is 0 Å². The Labute approximate surface area is 83.2 Å². The van der Waals surface area contributed by atoms with Gasteiger partial charge in [-0.2, -0.15) is 0 Å². The van der Waals surface area contributed by atoms with Crippen molar-refractivity contribution in [3.63, 3.8) is 0 Å². The van der Waals surface area contributed by atoms with Crippen molar-refractivity contribution in [2.75, 3.05) is 0 Å². The van der Waals surface area contributed by atoms with E-state index in [1.807, 2.05) is 0 Å². The maximum Gasteiger partial charge on any atom is 0.318 e. The van der Waals surface area contributed by atoms with Crippen molar-refractivity contribution in [2.24, 2.45) is 5.92 Å². The summed E-state index contributed by atoms with van der Waals surface area (Å²) in [6, 6.07) is 0. The van der Waals surface area contributed by atoms with Crippen molar-refractivity contribution >= 4 is 11.8 Å². The van der Waals surface area contributed by atoms with Gasteiger partial charge in [-0.3, -0.25) is 9.59 Å². The zero-order valence-electron chi connectivity index (χ0n) is 8.70. The number of aliphatic hydroxyl groups is 1. The number of carbonyl (C=O) groups is 2. The Morgan fingerprint density at radius 3 is 2.07 bits per heavy atom. The van der Waals surface area contributed by atoms with Crippen LogP contribution >= 0.6 is 0 Å². The molecule has 0 aromatic carbocycles. The number of rotatable bonds is 5. The highest BCUT2D eigenvalue weighted by molar-refractivity contribution is 6.01. The quantitative estimate of drug-likeness (QED) is 0.512. The van der Waals surface area contributed by atoms with Crippen molar-refractivity contribution in [3.8, 4) is 0 Å². The first-order valence-electron chi connectivity index (χ1n) is 4.28. The Hall–Kier alpha value is -1.16. The van der Waals surface area contributed by atoms with Crippen molar-refractivity contribution < 1.29 is 19.8 Å². The first kappa shape index (κ1) is 12.8. The molecule has 4 heteroatoms. The molecule has 0 fully saturated rings. The zero-order chi connectivity index (χ0) is 11.5. The summed E-state index contributed by atoms with van der Waals surface area (Å²) in [5.41, 5.74) is -0.896. The van der Waals surface area contributed by atoms with E-state index in [2.05, 4.69) is 6.58 Å². The molecule has 1 unspecified atom stereocenters. The number of aliphatic carboxylic acids is 1. The first-order chi connectivity index (χ1) is 6.15. The summed E-state index contributed by atoms with van der Waals surface area (Å²) in [5, 5.41) is 18.1. The zero-order valence-corrected chi connectivity index (χ0v) is 8.70. The molecule has 0 aromatic rings. The van der Waals surface area contributed by atoms with Crippen LogP contribution in [0.1, 0.15) is 27.2 Å². The van der Waals surface area contributed by atoms with E-state index < -0.39 is 23.3 Å². The lowest BCUT2D eigenvalue weighted by molar-refractivity contribution is -0.145. The van der Waals surface area contributed by atoms with Crippen LogP contribution in [0, 0.1) is 5.92 Å². The highest BCUT2D eigenvalue weighted by Crippen LogP contribution is 2.17. The van der Waals surface area contributed by atoms with Gasteiger partial charge < -0.3 is 10.2 Å². The fraction of sp³-hybridized carbons (Fsp3) is 0.600. The molecule has 0 aliphatic rings. The molecule has 0 saturated heterocycles. The molecule has 0 aliphatic carbocycles. The summed E-state index contributed by atoms with van der Waals surface area (Å²) in [5.74, 6) is -2.94. The van der Waals surface area contributed by atoms with Crippen LogP contribution in [0.15, 0.2) is 12.2 Å². The van der Waals surface area contributed by atoms with Crippen molar-refractivity contribution in [2.45, 2.75) is 32.8 Å². The molecule has 0 bridgehead atoms. The maximum atomic E-state index is 11.4. The van der Waals surface area contributed by atoms with E-state index in [4.69, 9.17) is 5.11 Å². The van der Waals surface area contributed by atoms with E-state index in [9.17, 15) is 14.7 Å². The van der Waals surface area contributed by atoms with E-state index in [1.165, 1.54) is 20.8 Å². The highest BCUT2D eigenvalue weighted by Gasteiger charge is 2.30. The molecule has 0 amide bonds. The fourth-order valence-electron chi connectivity index (χ4n) is 1.15. The molecule has 0 heterocycles. The van der Waals surface area contributed by atoms with Crippen LogP contribution < -0.4 is 0 Å². The topological polar surface area (TPSA) is 74.6 Å². The number of carbonyl (C=O) groups excluding carboxylic acids is 1. The molecule has 0 aliphatic heterocycles. The van der Waals surface area contributed by atoms with Gasteiger partial charge in [0.2, 0.25) is 0 Å². The number of carboxylic acid groups (broad SMARTS) is 1. The number of carboxylic acids is 1. The van der Waals surface area contributed by atoms with Gasteiger partial charge in [-0.05, 0) is 20.8 Å². The van der Waals surface area contributed by atoms with Crippen LogP contribution in [0.2, 0.25) is 0 Å². The molecular formula is C10H16O4. The van der Waals surface area contributed by atoms with Gasteiger partial charge in [-0.15, -0.1) is 0 Å². The van der Waals surface area contributed by atoms with Crippen LogP contribution in [0.25, 0.3) is 0 Å². The summed E-state index contributed by atoms with van der Waals surface area (Å²) in [7, 11) is 0. The lowest BCUT2D eigenvalue weighted by atomic mass is 9.90. The average Bonchev–Trinajstić information content (AvgIpc) is 1.78. The molecule has 14 heavy (non-hydrogen) atoms. The van der Waals surface area contributed by atoms with E-state index in [0.29, 0.717) is 0 Å². The second-order valence-corrected chi connectivity index (χ2v) is 4.07. The van der Waals surface area contributed by atoms with Crippen molar-refractivity contribution in [3.05, 3.63) is 12.2 Å². The molecule has 2 N–H and O–H groups in total. The molecular weight excluding hydrogens is 184 g/mol. The lowest BCUT2D eigenvalue weighted by Crippen LogP contribution is -2.31. The third-order valence-electron chi connectivity index (χ3n) is 1.67. The predicted octanol–water partition coefficient (Wildman–Crippen LogP) is 0.993. The molecule has 0 saturated carbocycles. The van der Waals surface area contributed by atoms with Crippen LogP contribution in [-0.4, -0.2) is 27.6 Å². The Bertz CT molecular complexity index is 246. The number of ketones is 1. The summed E-state index contributed by atoms with van der Waals surface area (Å²) in [6.45, 7) is 7.85. The minimum absolute atomic E-state index is 0.184. The summed E-state index contributed by atoms with van der Waals surface area (Å²) < 4.78 is 0. The van der Waals surface area contributed by atoms with Gasteiger partial charge in [-0.1, -0.05) is 12.2 Å². The van der Waals surface area contributed by atoms with Gasteiger partial charge in [0.05, 0.1) is 5.60 Å². The molecule has 0 aromatic heterocycles. The Kier molecular flexibility index (Phi) is 4.01. The minimum atomic E-state index is -1.22. The number of hydrogen-bond donors (Lipinski definition) is 2. The van der Waals surface area contributed by atoms with Gasteiger partial charge in [0, 0.05) is 6.42 Å². The average molecular weight is 200 g/mol. The molecule has 0 rings (SSSR count). The maximum absolute atomic E-state index is 11.4. The Morgan fingerprint density at radius 1 is 1.43 bits per heavy atom. The van der Waals surface area contributed by atoms with E-state index in [0.717, 1.165) is 0 Å². The van der Waals surface area contributed by atoms with Gasteiger partial charge in [0.15, 0.2) is 5.78 Å². The monoisotopic (exact) mass is 200 g/mol. The minimum Gasteiger partial charge on any atom is -0.480 e. The van der Waals surface area contributed by atoms with Crippen molar-refractivity contribution in [1.82, 2.24) is 0 Å². The van der Waals surface area contributed by atoms with Crippen LogP contribution in [-0.2, 0) is 9.59 Å². The normalized spacial score (nSPS) is 13.4. The Morgan fingerprint density at radius 2 is 1.86 bits per heavy atom. The van der Waals surface area contributed by atoms with Gasteiger partial charge >= 0.3 is 5.97 Å². The van der Waals surface area contributed by atoms with E-state index in [-0.39, 0.29) is 12.0 Å². The smallest absolute Gasteiger partial charge is 0.318 e. The molecule has 0 radical (unpaired) electrons. The summed E-state index contributed by atoms with van der Waals surface area (Å²) >= 11 is 0. The number of hydrogen-bond acceptors (Lipinski definition) is 3. The van der Waals surface area contributed by atoms with Crippen LogP contribution in [0.4, 0.5) is 0 Å². The van der Waals surface area contributed by atoms with E-state index in [1.54, 1.807) is 0 Å². The van der Waals surface area contributed by atoms with Gasteiger partial charge in [-0.25, -0.2) is 0 Å². The third kappa shape index (κ3) is 4.18. The SMILES string of the molecule is C=C(C)C(C(=O)O)C(=O)CC(C)(C)O. The molecule has 80 valence electrons. The third-order valence-corrected chi connectivity index (χ3v) is 1.67. The molecule has 1 atom stereocenters. The second kappa shape index (κ2) is 4.37. The highest BCUT2D eigenvalue weighted by atomic mass is 16.4. The second-order valence-electron chi connectivity index (χ2n) is 4.07. The fourth-order valence-corrected chi connectivity index (χ4v) is 1.15. The summed E-state index contributed by atoms with van der Waals surface area (Å²) in [4.78, 5) is 22.1. The standard InChI is InChI=1S/C10H16O4/c1-6(2)8(9(12)13)7(11)5-10(3,4)14/h8,14H,1,5H2,2-4H3,(H,12,13). The van der Waals surface area contributed by atoms with Gasteiger partial charge in [0.1, 0.15) is 5.92 Å². The lowest BCUT2D eigenvalue weighted by Gasteiger charge is -2.18. The first-order valence-corrected chi connectivity index (χ1v) is 4.28. The Balaban J connectivity index is 4.63.